The zero-order valence-electron chi connectivity index (χ0n) is 10.3. The summed E-state index contributed by atoms with van der Waals surface area (Å²) in [6, 6.07) is 10.2. The van der Waals surface area contributed by atoms with Gasteiger partial charge < -0.3 is 5.32 Å². The number of aryl methyl sites for hydroxylation is 2. The first-order chi connectivity index (χ1) is 8.24. The third kappa shape index (κ3) is 3.64. The summed E-state index contributed by atoms with van der Waals surface area (Å²) in [6.45, 7) is 5.61. The van der Waals surface area contributed by atoms with Crippen LogP contribution in [0.3, 0.4) is 0 Å². The normalized spacial score (nSPS) is 10.5. The molecule has 0 aliphatic heterocycles. The Morgan fingerprint density at radius 2 is 1.88 bits per heavy atom. The second kappa shape index (κ2) is 5.55. The monoisotopic (exact) mass is 227 g/mol. The van der Waals surface area contributed by atoms with E-state index in [-0.39, 0.29) is 0 Å². The Hall–Kier alpha value is -1.74. The predicted molar refractivity (Wildman–Crippen MR) is 68.5 cm³/mol. The van der Waals surface area contributed by atoms with Crippen LogP contribution < -0.4 is 5.32 Å². The van der Waals surface area contributed by atoms with Gasteiger partial charge in [0.2, 0.25) is 0 Å². The van der Waals surface area contributed by atoms with E-state index in [4.69, 9.17) is 0 Å². The van der Waals surface area contributed by atoms with Crippen LogP contribution in [0.4, 0.5) is 0 Å². The summed E-state index contributed by atoms with van der Waals surface area (Å²) in [5, 5.41) is 3.36. The molecule has 2 rings (SSSR count). The Balaban J connectivity index is 1.85. The fraction of sp³-hybridized carbons (Fsp3) is 0.286. The standard InChI is InChI=1S/C14H17N3/c1-11-6-7-13(9-16-11)8-15-10-14-5-3-4-12(2)17-14/h3-7,9,15H,8,10H2,1-2H3. The molecular weight excluding hydrogens is 210 g/mol. The van der Waals surface area contributed by atoms with E-state index in [0.29, 0.717) is 0 Å². The van der Waals surface area contributed by atoms with Crippen LogP contribution in [0.25, 0.3) is 0 Å². The predicted octanol–water partition coefficient (Wildman–Crippen LogP) is 2.38. The van der Waals surface area contributed by atoms with Crippen molar-refractivity contribution >= 4 is 0 Å². The van der Waals surface area contributed by atoms with E-state index in [2.05, 4.69) is 21.4 Å². The van der Waals surface area contributed by atoms with Crippen molar-refractivity contribution in [1.82, 2.24) is 15.3 Å². The van der Waals surface area contributed by atoms with Gasteiger partial charge in [-0.3, -0.25) is 9.97 Å². The Morgan fingerprint density at radius 3 is 2.59 bits per heavy atom. The van der Waals surface area contributed by atoms with Gasteiger partial charge >= 0.3 is 0 Å². The smallest absolute Gasteiger partial charge is 0.0544 e. The number of aromatic nitrogens is 2. The lowest BCUT2D eigenvalue weighted by Gasteiger charge is -2.05. The summed E-state index contributed by atoms with van der Waals surface area (Å²) >= 11 is 0. The topological polar surface area (TPSA) is 37.8 Å². The van der Waals surface area contributed by atoms with Crippen LogP contribution >= 0.6 is 0 Å². The summed E-state index contributed by atoms with van der Waals surface area (Å²) in [5.41, 5.74) is 4.38. The fourth-order valence-corrected chi connectivity index (χ4v) is 1.64. The molecule has 0 fully saturated rings. The van der Waals surface area contributed by atoms with Gasteiger partial charge in [-0.2, -0.15) is 0 Å². The molecule has 2 aromatic heterocycles. The molecule has 3 nitrogen and oxygen atoms in total. The molecule has 0 unspecified atom stereocenters. The number of rotatable bonds is 4. The maximum absolute atomic E-state index is 4.44. The molecule has 3 heteroatoms. The molecule has 88 valence electrons. The van der Waals surface area contributed by atoms with Crippen LogP contribution in [-0.4, -0.2) is 9.97 Å². The molecule has 2 heterocycles. The molecule has 1 N–H and O–H groups in total. The van der Waals surface area contributed by atoms with Crippen molar-refractivity contribution in [3.63, 3.8) is 0 Å². The van der Waals surface area contributed by atoms with Crippen molar-refractivity contribution in [2.45, 2.75) is 26.9 Å². The Kier molecular flexibility index (Phi) is 3.83. The molecule has 0 atom stereocenters. The minimum Gasteiger partial charge on any atom is -0.307 e. The highest BCUT2D eigenvalue weighted by Crippen LogP contribution is 2.01. The molecule has 0 saturated carbocycles. The van der Waals surface area contributed by atoms with E-state index in [0.717, 1.165) is 30.2 Å². The average molecular weight is 227 g/mol. The van der Waals surface area contributed by atoms with Crippen LogP contribution in [0, 0.1) is 13.8 Å². The first-order valence-electron chi connectivity index (χ1n) is 5.79. The van der Waals surface area contributed by atoms with Crippen molar-refractivity contribution in [2.24, 2.45) is 0 Å². The highest BCUT2D eigenvalue weighted by atomic mass is 14.9. The second-order valence-corrected chi connectivity index (χ2v) is 4.18. The van der Waals surface area contributed by atoms with Gasteiger partial charge in [0.05, 0.1) is 5.69 Å². The van der Waals surface area contributed by atoms with E-state index in [1.807, 2.05) is 44.3 Å². The number of pyridine rings is 2. The van der Waals surface area contributed by atoms with Crippen LogP contribution in [0.15, 0.2) is 36.5 Å². The maximum atomic E-state index is 4.44. The van der Waals surface area contributed by atoms with E-state index in [9.17, 15) is 0 Å². The third-order valence-electron chi connectivity index (χ3n) is 2.55. The molecule has 0 amide bonds. The van der Waals surface area contributed by atoms with E-state index >= 15 is 0 Å². The van der Waals surface area contributed by atoms with Crippen molar-refractivity contribution in [3.8, 4) is 0 Å². The lowest BCUT2D eigenvalue weighted by atomic mass is 10.2. The second-order valence-electron chi connectivity index (χ2n) is 4.18. The lowest BCUT2D eigenvalue weighted by Crippen LogP contribution is -2.14. The van der Waals surface area contributed by atoms with Gasteiger partial charge in [0.25, 0.3) is 0 Å². The van der Waals surface area contributed by atoms with Crippen molar-refractivity contribution < 1.29 is 0 Å². The van der Waals surface area contributed by atoms with E-state index in [1.54, 1.807) is 0 Å². The average Bonchev–Trinajstić information content (AvgIpc) is 2.32. The molecule has 0 saturated heterocycles. The van der Waals surface area contributed by atoms with Gasteiger partial charge in [0.1, 0.15) is 0 Å². The molecule has 0 aromatic carbocycles. The maximum Gasteiger partial charge on any atom is 0.0544 e. The molecule has 0 bridgehead atoms. The molecule has 0 spiro atoms. The molecule has 17 heavy (non-hydrogen) atoms. The molecule has 0 aliphatic carbocycles. The Bertz CT molecular complexity index is 477. The van der Waals surface area contributed by atoms with Gasteiger partial charge in [0.15, 0.2) is 0 Å². The lowest BCUT2D eigenvalue weighted by molar-refractivity contribution is 0.676. The van der Waals surface area contributed by atoms with Gasteiger partial charge in [-0.05, 0) is 37.6 Å². The number of nitrogens with one attached hydrogen (secondary N) is 1. The van der Waals surface area contributed by atoms with Gasteiger partial charge in [-0.1, -0.05) is 12.1 Å². The molecular formula is C14H17N3. The number of hydrogen-bond acceptors (Lipinski definition) is 3. The largest absolute Gasteiger partial charge is 0.307 e. The summed E-state index contributed by atoms with van der Waals surface area (Å²) in [4.78, 5) is 8.70. The van der Waals surface area contributed by atoms with Gasteiger partial charge in [-0.15, -0.1) is 0 Å². The SMILES string of the molecule is Cc1ccc(CNCc2cccc(C)n2)cn1. The third-order valence-corrected chi connectivity index (χ3v) is 2.55. The van der Waals surface area contributed by atoms with Crippen LogP contribution in [-0.2, 0) is 13.1 Å². The number of nitrogens with zero attached hydrogens (tertiary/aromatic N) is 2. The van der Waals surface area contributed by atoms with Crippen LogP contribution in [0.1, 0.15) is 22.6 Å². The first-order valence-corrected chi connectivity index (χ1v) is 5.79. The van der Waals surface area contributed by atoms with E-state index in [1.165, 1.54) is 5.56 Å². The van der Waals surface area contributed by atoms with Crippen molar-refractivity contribution in [1.29, 1.82) is 0 Å². The van der Waals surface area contributed by atoms with Gasteiger partial charge in [0, 0.05) is 30.7 Å². The molecule has 0 aliphatic rings. The van der Waals surface area contributed by atoms with E-state index < -0.39 is 0 Å². The molecule has 0 radical (unpaired) electrons. The Morgan fingerprint density at radius 1 is 1.00 bits per heavy atom. The minimum atomic E-state index is 0.787. The van der Waals surface area contributed by atoms with Crippen molar-refractivity contribution in [2.75, 3.05) is 0 Å². The highest BCUT2D eigenvalue weighted by molar-refractivity contribution is 5.13. The zero-order chi connectivity index (χ0) is 12.1. The number of hydrogen-bond donors (Lipinski definition) is 1. The minimum absolute atomic E-state index is 0.787. The highest BCUT2D eigenvalue weighted by Gasteiger charge is 1.96. The van der Waals surface area contributed by atoms with Gasteiger partial charge in [-0.25, -0.2) is 0 Å². The summed E-state index contributed by atoms with van der Waals surface area (Å²) < 4.78 is 0. The van der Waals surface area contributed by atoms with Crippen molar-refractivity contribution in [3.05, 3.63) is 59.2 Å². The fourth-order valence-electron chi connectivity index (χ4n) is 1.64. The first kappa shape index (κ1) is 11.7. The quantitative estimate of drug-likeness (QED) is 0.871. The summed E-state index contributed by atoms with van der Waals surface area (Å²) in [5.74, 6) is 0. The summed E-state index contributed by atoms with van der Waals surface area (Å²) in [7, 11) is 0. The zero-order valence-corrected chi connectivity index (χ0v) is 10.3. The Labute approximate surface area is 102 Å². The van der Waals surface area contributed by atoms with Crippen LogP contribution in [0.5, 0.6) is 0 Å². The molecule has 2 aromatic rings. The summed E-state index contributed by atoms with van der Waals surface area (Å²) in [6.07, 6.45) is 1.91. The van der Waals surface area contributed by atoms with Crippen LogP contribution in [0.2, 0.25) is 0 Å².